The van der Waals surface area contributed by atoms with Crippen LogP contribution in [0.25, 0.3) is 0 Å². The smallest absolute Gasteiger partial charge is 0.236 e. The zero-order chi connectivity index (χ0) is 8.97. The number of nitrogens with two attached hydrogens (primary N) is 1. The van der Waals surface area contributed by atoms with E-state index in [0.717, 1.165) is 5.56 Å². The largest absolute Gasteiger partial charge is 0.351 e. The molecule has 1 rings (SSSR count). The van der Waals surface area contributed by atoms with Crippen LogP contribution in [0.15, 0.2) is 16.8 Å². The topological polar surface area (TPSA) is 55.1 Å². The van der Waals surface area contributed by atoms with E-state index < -0.39 is 6.04 Å². The highest BCUT2D eigenvalue weighted by Crippen LogP contribution is 2.04. The van der Waals surface area contributed by atoms with Crippen molar-refractivity contribution in [2.24, 2.45) is 5.73 Å². The first-order chi connectivity index (χ1) is 5.70. The minimum Gasteiger partial charge on any atom is -0.351 e. The summed E-state index contributed by atoms with van der Waals surface area (Å²) in [6.45, 7) is 2.24. The lowest BCUT2D eigenvalue weighted by molar-refractivity contribution is -0.122. The predicted molar refractivity (Wildman–Crippen MR) is 49.8 cm³/mol. The van der Waals surface area contributed by atoms with E-state index in [1.807, 2.05) is 16.8 Å². The zero-order valence-corrected chi connectivity index (χ0v) is 7.73. The molecule has 0 fully saturated rings. The molecule has 1 aromatic heterocycles. The lowest BCUT2D eigenvalue weighted by Gasteiger charge is -2.05. The molecule has 0 aliphatic carbocycles. The van der Waals surface area contributed by atoms with E-state index in [4.69, 9.17) is 5.73 Å². The highest BCUT2D eigenvalue weighted by molar-refractivity contribution is 7.07. The van der Waals surface area contributed by atoms with Gasteiger partial charge in [0.2, 0.25) is 5.91 Å². The van der Waals surface area contributed by atoms with Crippen molar-refractivity contribution in [1.29, 1.82) is 0 Å². The lowest BCUT2D eigenvalue weighted by atomic mass is 10.3. The van der Waals surface area contributed by atoms with Gasteiger partial charge < -0.3 is 11.1 Å². The minimum absolute atomic E-state index is 0.110. The van der Waals surface area contributed by atoms with Gasteiger partial charge in [-0.1, -0.05) is 0 Å². The molecule has 0 spiro atoms. The Morgan fingerprint density at radius 3 is 3.08 bits per heavy atom. The third-order valence-corrected chi connectivity index (χ3v) is 2.19. The fraction of sp³-hybridized carbons (Fsp3) is 0.375. The van der Waals surface area contributed by atoms with Gasteiger partial charge in [0.25, 0.3) is 0 Å². The van der Waals surface area contributed by atoms with E-state index >= 15 is 0 Å². The van der Waals surface area contributed by atoms with E-state index in [1.54, 1.807) is 18.3 Å². The van der Waals surface area contributed by atoms with Gasteiger partial charge in [-0.3, -0.25) is 4.79 Å². The van der Waals surface area contributed by atoms with Crippen molar-refractivity contribution in [1.82, 2.24) is 5.32 Å². The van der Waals surface area contributed by atoms with Crippen LogP contribution in [0.2, 0.25) is 0 Å². The van der Waals surface area contributed by atoms with Crippen LogP contribution < -0.4 is 11.1 Å². The molecule has 0 aliphatic rings. The number of amides is 1. The number of rotatable bonds is 3. The van der Waals surface area contributed by atoms with Crippen LogP contribution in [0.3, 0.4) is 0 Å². The average Bonchev–Trinajstić information content (AvgIpc) is 2.51. The van der Waals surface area contributed by atoms with Crippen LogP contribution in [-0.4, -0.2) is 11.9 Å². The molecular weight excluding hydrogens is 172 g/mol. The monoisotopic (exact) mass is 184 g/mol. The highest BCUT2D eigenvalue weighted by atomic mass is 32.1. The van der Waals surface area contributed by atoms with E-state index in [2.05, 4.69) is 5.32 Å². The first-order valence-corrected chi connectivity index (χ1v) is 4.69. The molecule has 0 saturated heterocycles. The molecule has 0 aliphatic heterocycles. The maximum atomic E-state index is 11.0. The number of carbonyl (C=O) groups excluding carboxylic acids is 1. The molecule has 0 unspecified atom stereocenters. The Morgan fingerprint density at radius 2 is 2.58 bits per heavy atom. The Hall–Kier alpha value is -0.870. The molecule has 0 aromatic carbocycles. The Kier molecular flexibility index (Phi) is 3.25. The number of thiophene rings is 1. The average molecular weight is 184 g/mol. The minimum atomic E-state index is -0.427. The summed E-state index contributed by atoms with van der Waals surface area (Å²) in [6.07, 6.45) is 0. The number of carbonyl (C=O) groups is 1. The van der Waals surface area contributed by atoms with Gasteiger partial charge in [-0.25, -0.2) is 0 Å². The molecule has 66 valence electrons. The first kappa shape index (κ1) is 9.22. The van der Waals surface area contributed by atoms with Crippen LogP contribution >= 0.6 is 11.3 Å². The van der Waals surface area contributed by atoms with E-state index in [0.29, 0.717) is 6.54 Å². The Labute approximate surface area is 75.6 Å². The Bertz CT molecular complexity index is 244. The van der Waals surface area contributed by atoms with E-state index in [1.165, 1.54) is 0 Å². The molecule has 3 nitrogen and oxygen atoms in total. The quantitative estimate of drug-likeness (QED) is 0.727. The third kappa shape index (κ3) is 2.64. The molecule has 1 aromatic rings. The molecule has 4 heteroatoms. The Balaban J connectivity index is 2.32. The second-order valence-electron chi connectivity index (χ2n) is 2.64. The van der Waals surface area contributed by atoms with Gasteiger partial charge in [0, 0.05) is 6.54 Å². The molecule has 1 heterocycles. The van der Waals surface area contributed by atoms with Gasteiger partial charge in [0.05, 0.1) is 6.04 Å². The van der Waals surface area contributed by atoms with E-state index in [9.17, 15) is 4.79 Å². The molecule has 1 amide bonds. The lowest BCUT2D eigenvalue weighted by Crippen LogP contribution is -2.37. The summed E-state index contributed by atoms with van der Waals surface area (Å²) in [5.74, 6) is -0.110. The van der Waals surface area contributed by atoms with Crippen molar-refractivity contribution < 1.29 is 4.79 Å². The summed E-state index contributed by atoms with van der Waals surface area (Å²) < 4.78 is 0. The molecule has 12 heavy (non-hydrogen) atoms. The molecule has 3 N–H and O–H groups in total. The van der Waals surface area contributed by atoms with Gasteiger partial charge in [0.1, 0.15) is 0 Å². The molecular formula is C8H12N2OS. The number of hydrogen-bond donors (Lipinski definition) is 2. The molecule has 1 atom stereocenters. The summed E-state index contributed by atoms with van der Waals surface area (Å²) in [5, 5.41) is 6.71. The van der Waals surface area contributed by atoms with Crippen LogP contribution in [0.4, 0.5) is 0 Å². The van der Waals surface area contributed by atoms with Crippen molar-refractivity contribution in [3.05, 3.63) is 22.4 Å². The van der Waals surface area contributed by atoms with Crippen LogP contribution in [0, 0.1) is 0 Å². The van der Waals surface area contributed by atoms with Crippen molar-refractivity contribution >= 4 is 17.2 Å². The first-order valence-electron chi connectivity index (χ1n) is 3.74. The van der Waals surface area contributed by atoms with Crippen molar-refractivity contribution in [2.75, 3.05) is 0 Å². The van der Waals surface area contributed by atoms with Gasteiger partial charge in [-0.05, 0) is 29.3 Å². The van der Waals surface area contributed by atoms with Gasteiger partial charge in [-0.15, -0.1) is 0 Å². The third-order valence-electron chi connectivity index (χ3n) is 1.46. The summed E-state index contributed by atoms with van der Waals surface area (Å²) in [7, 11) is 0. The van der Waals surface area contributed by atoms with Crippen LogP contribution in [0.5, 0.6) is 0 Å². The highest BCUT2D eigenvalue weighted by Gasteiger charge is 2.05. The predicted octanol–water partition coefficient (Wildman–Crippen LogP) is 0.711. The summed E-state index contributed by atoms with van der Waals surface area (Å²) in [4.78, 5) is 11.0. The summed E-state index contributed by atoms with van der Waals surface area (Å²) in [6, 6.07) is 1.55. The van der Waals surface area contributed by atoms with Crippen LogP contribution in [0.1, 0.15) is 12.5 Å². The fourth-order valence-electron chi connectivity index (χ4n) is 0.743. The van der Waals surface area contributed by atoms with Crippen LogP contribution in [-0.2, 0) is 11.3 Å². The molecule has 0 saturated carbocycles. The summed E-state index contributed by atoms with van der Waals surface area (Å²) >= 11 is 1.62. The standard InChI is InChI=1S/C8H12N2OS/c1-6(9)8(11)10-4-7-2-3-12-5-7/h2-3,5-6H,4,9H2,1H3,(H,10,11)/t6-/m0/s1. The number of nitrogens with one attached hydrogen (secondary N) is 1. The molecule has 0 radical (unpaired) electrons. The van der Waals surface area contributed by atoms with E-state index in [-0.39, 0.29) is 5.91 Å². The second-order valence-corrected chi connectivity index (χ2v) is 3.42. The second kappa shape index (κ2) is 4.23. The SMILES string of the molecule is C[C@H](N)C(=O)NCc1ccsc1. The van der Waals surface area contributed by atoms with Gasteiger partial charge >= 0.3 is 0 Å². The van der Waals surface area contributed by atoms with Gasteiger partial charge in [-0.2, -0.15) is 11.3 Å². The Morgan fingerprint density at radius 1 is 1.83 bits per heavy atom. The maximum Gasteiger partial charge on any atom is 0.236 e. The van der Waals surface area contributed by atoms with Gasteiger partial charge in [0.15, 0.2) is 0 Å². The summed E-state index contributed by atoms with van der Waals surface area (Å²) in [5.41, 5.74) is 6.49. The molecule has 0 bridgehead atoms. The van der Waals surface area contributed by atoms with Crippen molar-refractivity contribution in [3.63, 3.8) is 0 Å². The number of hydrogen-bond acceptors (Lipinski definition) is 3. The zero-order valence-electron chi connectivity index (χ0n) is 6.91. The normalized spacial score (nSPS) is 12.5. The van der Waals surface area contributed by atoms with Crippen molar-refractivity contribution in [2.45, 2.75) is 19.5 Å². The fourth-order valence-corrected chi connectivity index (χ4v) is 1.41. The van der Waals surface area contributed by atoms with Crippen molar-refractivity contribution in [3.8, 4) is 0 Å². The maximum absolute atomic E-state index is 11.0.